The van der Waals surface area contributed by atoms with Gasteiger partial charge in [0.1, 0.15) is 6.10 Å². The number of rotatable bonds is 2. The molecular weight excluding hydrogens is 228 g/mol. The molecule has 1 unspecified atom stereocenters. The molecule has 0 aliphatic heterocycles. The molecule has 1 atom stereocenters. The van der Waals surface area contributed by atoms with Gasteiger partial charge in [0, 0.05) is 9.75 Å². The summed E-state index contributed by atoms with van der Waals surface area (Å²) in [6.45, 7) is 6.65. The second kappa shape index (κ2) is 4.95. The predicted molar refractivity (Wildman–Crippen MR) is 74.5 cm³/mol. The van der Waals surface area contributed by atoms with Crippen LogP contribution in [0.2, 0.25) is 0 Å². The van der Waals surface area contributed by atoms with Gasteiger partial charge >= 0.3 is 0 Å². The number of hydrogen-bond donors (Lipinski definition) is 1. The van der Waals surface area contributed by atoms with Gasteiger partial charge in [-0.25, -0.2) is 0 Å². The van der Waals surface area contributed by atoms with Crippen molar-refractivity contribution in [3.63, 3.8) is 0 Å². The fraction of sp³-hybridized carbons (Fsp3) is 0.600. The largest absolute Gasteiger partial charge is 0.383 e. The van der Waals surface area contributed by atoms with Crippen LogP contribution in [0.3, 0.4) is 0 Å². The highest BCUT2D eigenvalue weighted by atomic mass is 32.1. The third-order valence-corrected chi connectivity index (χ3v) is 4.88. The van der Waals surface area contributed by atoms with Crippen LogP contribution in [0.25, 0.3) is 0 Å². The monoisotopic (exact) mass is 250 g/mol. The molecule has 0 bridgehead atoms. The molecule has 0 saturated heterocycles. The van der Waals surface area contributed by atoms with Crippen LogP contribution in [0.5, 0.6) is 0 Å². The Bertz CT molecular complexity index is 409. The molecule has 0 spiro atoms. The van der Waals surface area contributed by atoms with E-state index in [4.69, 9.17) is 0 Å². The van der Waals surface area contributed by atoms with Crippen LogP contribution in [-0.4, -0.2) is 5.11 Å². The van der Waals surface area contributed by atoms with Crippen LogP contribution in [0.15, 0.2) is 23.8 Å². The highest BCUT2D eigenvalue weighted by molar-refractivity contribution is 7.12. The Morgan fingerprint density at radius 3 is 2.53 bits per heavy atom. The van der Waals surface area contributed by atoms with Crippen LogP contribution in [0, 0.1) is 0 Å². The molecule has 1 aromatic rings. The zero-order valence-electron chi connectivity index (χ0n) is 11.0. The summed E-state index contributed by atoms with van der Waals surface area (Å²) in [4.78, 5) is 2.45. The summed E-state index contributed by atoms with van der Waals surface area (Å²) in [7, 11) is 0. The van der Waals surface area contributed by atoms with E-state index in [-0.39, 0.29) is 11.5 Å². The van der Waals surface area contributed by atoms with E-state index in [0.29, 0.717) is 0 Å². The van der Waals surface area contributed by atoms with Crippen molar-refractivity contribution in [2.75, 3.05) is 0 Å². The third kappa shape index (κ3) is 2.99. The van der Waals surface area contributed by atoms with Crippen LogP contribution in [0.1, 0.15) is 62.3 Å². The summed E-state index contributed by atoms with van der Waals surface area (Å²) in [5, 5.41) is 10.4. The predicted octanol–water partition coefficient (Wildman–Crippen LogP) is 4.58. The van der Waals surface area contributed by atoms with Crippen LogP contribution in [-0.2, 0) is 5.41 Å². The van der Waals surface area contributed by atoms with Crippen molar-refractivity contribution in [2.24, 2.45) is 0 Å². The van der Waals surface area contributed by atoms with Gasteiger partial charge < -0.3 is 5.11 Å². The molecule has 2 rings (SSSR count). The Hall–Kier alpha value is -0.600. The molecule has 0 fully saturated rings. The summed E-state index contributed by atoms with van der Waals surface area (Å²) in [5.41, 5.74) is 1.40. The van der Waals surface area contributed by atoms with E-state index in [9.17, 15) is 5.11 Å². The van der Waals surface area contributed by atoms with Crippen molar-refractivity contribution in [3.05, 3.63) is 33.5 Å². The number of allylic oxidation sites excluding steroid dienone is 1. The lowest BCUT2D eigenvalue weighted by Crippen LogP contribution is -2.08. The molecule has 0 amide bonds. The van der Waals surface area contributed by atoms with Crippen molar-refractivity contribution in [3.8, 4) is 0 Å². The SMILES string of the molecule is CC(C)(C)c1ccc(C(O)C2=CCCCC2)s1. The van der Waals surface area contributed by atoms with Gasteiger partial charge in [0.15, 0.2) is 0 Å². The molecule has 2 heteroatoms. The van der Waals surface area contributed by atoms with Gasteiger partial charge in [-0.15, -0.1) is 11.3 Å². The highest BCUT2D eigenvalue weighted by Gasteiger charge is 2.21. The van der Waals surface area contributed by atoms with E-state index in [1.807, 2.05) is 0 Å². The highest BCUT2D eigenvalue weighted by Crippen LogP contribution is 2.36. The van der Waals surface area contributed by atoms with Crippen LogP contribution < -0.4 is 0 Å². The lowest BCUT2D eigenvalue weighted by atomic mass is 9.94. The summed E-state index contributed by atoms with van der Waals surface area (Å²) in [6.07, 6.45) is 6.55. The van der Waals surface area contributed by atoms with Gasteiger partial charge in [-0.2, -0.15) is 0 Å². The lowest BCUT2D eigenvalue weighted by Gasteiger charge is -2.18. The van der Waals surface area contributed by atoms with Gasteiger partial charge in [0.2, 0.25) is 0 Å². The van der Waals surface area contributed by atoms with E-state index in [2.05, 4.69) is 39.0 Å². The van der Waals surface area contributed by atoms with Gasteiger partial charge in [0.05, 0.1) is 0 Å². The Morgan fingerprint density at radius 2 is 2.00 bits per heavy atom. The minimum atomic E-state index is -0.364. The van der Waals surface area contributed by atoms with Crippen molar-refractivity contribution >= 4 is 11.3 Å². The topological polar surface area (TPSA) is 20.2 Å². The summed E-state index contributed by atoms with van der Waals surface area (Å²) in [6, 6.07) is 4.25. The van der Waals surface area contributed by atoms with Crippen molar-refractivity contribution in [1.29, 1.82) is 0 Å². The smallest absolute Gasteiger partial charge is 0.109 e. The Labute approximate surface area is 108 Å². The van der Waals surface area contributed by atoms with Crippen molar-refractivity contribution < 1.29 is 5.11 Å². The number of aliphatic hydroxyl groups excluding tert-OH is 1. The molecule has 17 heavy (non-hydrogen) atoms. The first kappa shape index (κ1) is 12.8. The van der Waals surface area contributed by atoms with Gasteiger partial charge in [-0.3, -0.25) is 0 Å². The van der Waals surface area contributed by atoms with Crippen LogP contribution >= 0.6 is 11.3 Å². The van der Waals surface area contributed by atoms with E-state index in [0.717, 1.165) is 17.7 Å². The number of hydrogen-bond acceptors (Lipinski definition) is 2. The average molecular weight is 250 g/mol. The Balaban J connectivity index is 2.17. The average Bonchev–Trinajstić information content (AvgIpc) is 2.78. The molecule has 0 radical (unpaired) electrons. The first-order chi connectivity index (χ1) is 7.98. The maximum absolute atomic E-state index is 10.4. The fourth-order valence-corrected chi connectivity index (χ4v) is 3.29. The van der Waals surface area contributed by atoms with Gasteiger partial charge in [-0.1, -0.05) is 26.8 Å². The molecule has 1 nitrogen and oxygen atoms in total. The summed E-state index contributed by atoms with van der Waals surface area (Å²) in [5.74, 6) is 0. The zero-order chi connectivity index (χ0) is 12.5. The molecular formula is C15H22OS. The second-order valence-electron chi connectivity index (χ2n) is 5.88. The molecule has 1 aliphatic rings. The zero-order valence-corrected chi connectivity index (χ0v) is 11.8. The third-order valence-electron chi connectivity index (χ3n) is 3.31. The lowest BCUT2D eigenvalue weighted by molar-refractivity contribution is 0.212. The van der Waals surface area contributed by atoms with Gasteiger partial charge in [-0.05, 0) is 48.8 Å². The molecule has 1 N–H and O–H groups in total. The second-order valence-corrected chi connectivity index (χ2v) is 6.99. The first-order valence-corrected chi connectivity index (χ1v) is 7.27. The molecule has 1 aliphatic carbocycles. The number of thiophene rings is 1. The van der Waals surface area contributed by atoms with E-state index < -0.39 is 0 Å². The summed E-state index contributed by atoms with van der Waals surface area (Å²) >= 11 is 1.75. The van der Waals surface area contributed by atoms with E-state index >= 15 is 0 Å². The van der Waals surface area contributed by atoms with E-state index in [1.54, 1.807) is 11.3 Å². The fourth-order valence-electron chi connectivity index (χ4n) is 2.20. The molecule has 0 saturated carbocycles. The first-order valence-electron chi connectivity index (χ1n) is 6.45. The van der Waals surface area contributed by atoms with Crippen molar-refractivity contribution in [1.82, 2.24) is 0 Å². The van der Waals surface area contributed by atoms with Crippen LogP contribution in [0.4, 0.5) is 0 Å². The quantitative estimate of drug-likeness (QED) is 0.762. The van der Waals surface area contributed by atoms with Crippen molar-refractivity contribution in [2.45, 2.75) is 58.0 Å². The Morgan fingerprint density at radius 1 is 1.24 bits per heavy atom. The van der Waals surface area contributed by atoms with Gasteiger partial charge in [0.25, 0.3) is 0 Å². The molecule has 94 valence electrons. The Kier molecular flexibility index (Phi) is 3.74. The molecule has 1 heterocycles. The normalized spacial score (nSPS) is 18.9. The standard InChI is InChI=1S/C15H22OS/c1-15(2,3)13-10-9-12(17-13)14(16)11-7-5-4-6-8-11/h7,9-10,14,16H,4-6,8H2,1-3H3. The maximum Gasteiger partial charge on any atom is 0.109 e. The summed E-state index contributed by atoms with van der Waals surface area (Å²) < 4.78 is 0. The maximum atomic E-state index is 10.4. The minimum Gasteiger partial charge on any atom is -0.383 e. The minimum absolute atomic E-state index is 0.184. The molecule has 1 aromatic heterocycles. The molecule has 0 aromatic carbocycles. The van der Waals surface area contributed by atoms with E-state index in [1.165, 1.54) is 23.3 Å². The number of aliphatic hydroxyl groups is 1.